The van der Waals surface area contributed by atoms with E-state index in [9.17, 15) is 4.79 Å². The van der Waals surface area contributed by atoms with Gasteiger partial charge in [0.15, 0.2) is 0 Å². The summed E-state index contributed by atoms with van der Waals surface area (Å²) in [4.78, 5) is 22.0. The lowest BCUT2D eigenvalue weighted by Crippen LogP contribution is -2.46. The number of pyridine rings is 1. The molecule has 2 saturated heterocycles. The van der Waals surface area contributed by atoms with Gasteiger partial charge < -0.3 is 9.64 Å². The highest BCUT2D eigenvalue weighted by molar-refractivity contribution is 5.91. The van der Waals surface area contributed by atoms with Gasteiger partial charge in [-0.1, -0.05) is 30.3 Å². The van der Waals surface area contributed by atoms with Crippen molar-refractivity contribution in [1.82, 2.24) is 14.8 Å². The molecule has 0 saturated carbocycles. The van der Waals surface area contributed by atoms with Crippen molar-refractivity contribution < 1.29 is 9.53 Å². The van der Waals surface area contributed by atoms with Crippen LogP contribution in [0, 0.1) is 5.92 Å². The van der Waals surface area contributed by atoms with Crippen LogP contribution in [-0.4, -0.2) is 65.6 Å². The fourth-order valence-electron chi connectivity index (χ4n) is 5.64. The number of hydrogen-bond donors (Lipinski definition) is 0. The van der Waals surface area contributed by atoms with Crippen LogP contribution in [0.2, 0.25) is 0 Å². The Morgan fingerprint density at radius 2 is 1.85 bits per heavy atom. The number of benzene rings is 1. The van der Waals surface area contributed by atoms with Gasteiger partial charge in [-0.15, -0.1) is 0 Å². The smallest absolute Gasteiger partial charge is 0.246 e. The van der Waals surface area contributed by atoms with Crippen molar-refractivity contribution >= 4 is 12.0 Å². The number of carbonyl (C=O) groups excluding carboxylic acids is 1. The summed E-state index contributed by atoms with van der Waals surface area (Å²) in [5.74, 6) is 0.644. The Labute approximate surface area is 197 Å². The monoisotopic (exact) mass is 445 g/mol. The van der Waals surface area contributed by atoms with Crippen molar-refractivity contribution in [2.75, 3.05) is 32.8 Å². The maximum atomic E-state index is 13.1. The normalized spacial score (nSPS) is 22.1. The van der Waals surface area contributed by atoms with E-state index in [-0.39, 0.29) is 12.0 Å². The summed E-state index contributed by atoms with van der Waals surface area (Å²) in [5.41, 5.74) is 4.01. The van der Waals surface area contributed by atoms with E-state index in [0.29, 0.717) is 18.5 Å². The lowest BCUT2D eigenvalue weighted by Gasteiger charge is -2.38. The van der Waals surface area contributed by atoms with Gasteiger partial charge >= 0.3 is 0 Å². The largest absolute Gasteiger partial charge is 0.376 e. The first-order chi connectivity index (χ1) is 16.2. The number of nitrogens with zero attached hydrogens (tertiary/aromatic N) is 3. The van der Waals surface area contributed by atoms with Crippen LogP contribution >= 0.6 is 0 Å². The van der Waals surface area contributed by atoms with Crippen LogP contribution in [0.25, 0.3) is 6.08 Å². The van der Waals surface area contributed by atoms with Crippen molar-refractivity contribution in [3.05, 3.63) is 71.6 Å². The Balaban J connectivity index is 1.17. The van der Waals surface area contributed by atoms with Gasteiger partial charge in [-0.2, -0.15) is 0 Å². The molecule has 1 amide bonds. The van der Waals surface area contributed by atoms with Gasteiger partial charge in [-0.3, -0.25) is 14.7 Å². The van der Waals surface area contributed by atoms with E-state index >= 15 is 0 Å². The Bertz CT molecular complexity index is 922. The minimum Gasteiger partial charge on any atom is -0.376 e. The van der Waals surface area contributed by atoms with E-state index in [1.54, 1.807) is 18.5 Å². The molecule has 1 aromatic carbocycles. The van der Waals surface area contributed by atoms with Crippen LogP contribution < -0.4 is 0 Å². The highest BCUT2D eigenvalue weighted by atomic mass is 16.5. The minimum atomic E-state index is 0.0861. The van der Waals surface area contributed by atoms with Gasteiger partial charge in [0.25, 0.3) is 0 Å². The van der Waals surface area contributed by atoms with Crippen molar-refractivity contribution in [2.45, 2.75) is 50.7 Å². The number of aromatic nitrogens is 1. The van der Waals surface area contributed by atoms with Gasteiger partial charge in [-0.25, -0.2) is 0 Å². The Morgan fingerprint density at radius 3 is 2.52 bits per heavy atom. The first kappa shape index (κ1) is 22.3. The van der Waals surface area contributed by atoms with E-state index in [1.165, 1.54) is 24.0 Å². The molecule has 2 fully saturated rings. The Morgan fingerprint density at radius 1 is 1.06 bits per heavy atom. The molecule has 0 N–H and O–H groups in total. The molecule has 3 heterocycles. The van der Waals surface area contributed by atoms with Crippen molar-refractivity contribution in [1.29, 1.82) is 0 Å². The molecule has 3 aliphatic rings. The molecule has 5 rings (SSSR count). The zero-order valence-corrected chi connectivity index (χ0v) is 19.4. The third kappa shape index (κ3) is 5.71. The average Bonchev–Trinajstić information content (AvgIpc) is 3.53. The average molecular weight is 446 g/mol. The molecule has 174 valence electrons. The molecule has 1 aromatic heterocycles. The Kier molecular flexibility index (Phi) is 7.18. The van der Waals surface area contributed by atoms with Crippen LogP contribution in [0.5, 0.6) is 0 Å². The summed E-state index contributed by atoms with van der Waals surface area (Å²) >= 11 is 0. The quantitative estimate of drug-likeness (QED) is 0.605. The highest BCUT2D eigenvalue weighted by Crippen LogP contribution is 2.29. The molecule has 5 heteroatoms. The Hall–Kier alpha value is -2.50. The van der Waals surface area contributed by atoms with Gasteiger partial charge in [0.2, 0.25) is 5.91 Å². The van der Waals surface area contributed by atoms with Crippen LogP contribution in [-0.2, 0) is 22.4 Å². The topological polar surface area (TPSA) is 45.7 Å². The van der Waals surface area contributed by atoms with Gasteiger partial charge in [0, 0.05) is 44.2 Å². The number of hydrogen-bond acceptors (Lipinski definition) is 4. The summed E-state index contributed by atoms with van der Waals surface area (Å²) < 4.78 is 5.86. The van der Waals surface area contributed by atoms with Gasteiger partial charge in [0.1, 0.15) is 0 Å². The molecule has 0 bridgehead atoms. The zero-order chi connectivity index (χ0) is 22.5. The maximum Gasteiger partial charge on any atom is 0.246 e. The molecule has 33 heavy (non-hydrogen) atoms. The summed E-state index contributed by atoms with van der Waals surface area (Å²) in [6.45, 7) is 4.62. The summed E-state index contributed by atoms with van der Waals surface area (Å²) in [5, 5.41) is 0. The fraction of sp³-hybridized carbons (Fsp3) is 0.500. The predicted octanol–water partition coefficient (Wildman–Crippen LogP) is 3.98. The number of carbonyl (C=O) groups is 1. The second-order valence-corrected chi connectivity index (χ2v) is 9.81. The lowest BCUT2D eigenvalue weighted by molar-refractivity contribution is -0.128. The van der Waals surface area contributed by atoms with Crippen LogP contribution in [0.4, 0.5) is 0 Å². The number of rotatable bonds is 7. The molecule has 0 unspecified atom stereocenters. The van der Waals surface area contributed by atoms with E-state index in [0.717, 1.165) is 57.5 Å². The van der Waals surface area contributed by atoms with Gasteiger partial charge in [0.05, 0.1) is 6.10 Å². The number of amides is 1. The molecule has 1 atom stereocenters. The summed E-state index contributed by atoms with van der Waals surface area (Å²) in [7, 11) is 0. The van der Waals surface area contributed by atoms with Crippen LogP contribution in [0.3, 0.4) is 0 Å². The number of fused-ring (bicyclic) bond motifs is 1. The van der Waals surface area contributed by atoms with Crippen molar-refractivity contribution in [3.8, 4) is 0 Å². The molecule has 0 spiro atoms. The maximum absolute atomic E-state index is 13.1. The van der Waals surface area contributed by atoms with Crippen molar-refractivity contribution in [3.63, 3.8) is 0 Å². The minimum absolute atomic E-state index is 0.0861. The number of ether oxygens (including phenoxy) is 1. The van der Waals surface area contributed by atoms with E-state index < -0.39 is 0 Å². The SMILES string of the molecule is O=C(/C=C/c1cccnc1)N(CC1CCN(C2Cc3ccccc3C2)CC1)C[C@H]1CCCO1. The third-order valence-electron chi connectivity index (χ3n) is 7.54. The summed E-state index contributed by atoms with van der Waals surface area (Å²) in [6, 6.07) is 13.4. The molecule has 2 aromatic rings. The molecular formula is C28H35N3O2. The highest BCUT2D eigenvalue weighted by Gasteiger charge is 2.31. The first-order valence-corrected chi connectivity index (χ1v) is 12.5. The number of piperidine rings is 1. The molecule has 2 aliphatic heterocycles. The molecular weight excluding hydrogens is 410 g/mol. The first-order valence-electron chi connectivity index (χ1n) is 12.5. The molecule has 1 aliphatic carbocycles. The predicted molar refractivity (Wildman–Crippen MR) is 131 cm³/mol. The molecule has 0 radical (unpaired) electrons. The van der Waals surface area contributed by atoms with Crippen LogP contribution in [0.1, 0.15) is 42.4 Å². The molecule has 5 nitrogen and oxygen atoms in total. The van der Waals surface area contributed by atoms with E-state index in [1.807, 2.05) is 23.1 Å². The van der Waals surface area contributed by atoms with E-state index in [2.05, 4.69) is 34.1 Å². The third-order valence-corrected chi connectivity index (χ3v) is 7.54. The second kappa shape index (κ2) is 10.6. The van der Waals surface area contributed by atoms with Crippen molar-refractivity contribution in [2.24, 2.45) is 5.92 Å². The lowest BCUT2D eigenvalue weighted by atomic mass is 9.94. The van der Waals surface area contributed by atoms with Gasteiger partial charge in [-0.05, 0) is 86.4 Å². The summed E-state index contributed by atoms with van der Waals surface area (Å²) in [6.07, 6.45) is 14.1. The van der Waals surface area contributed by atoms with Crippen LogP contribution in [0.15, 0.2) is 54.9 Å². The fourth-order valence-corrected chi connectivity index (χ4v) is 5.64. The zero-order valence-electron chi connectivity index (χ0n) is 19.4. The second-order valence-electron chi connectivity index (χ2n) is 9.81. The van der Waals surface area contributed by atoms with E-state index in [4.69, 9.17) is 4.74 Å². The standard InChI is InChI=1S/C28H35N3O2/c32-28(10-9-22-5-3-13-29-19-22)31(21-27-8-4-16-33-27)20-23-11-14-30(15-12-23)26-17-24-6-1-2-7-25(24)18-26/h1-3,5-7,9-10,13,19,23,26-27H,4,8,11-12,14-18,20-21H2/b10-9+/t27-/m1/s1. The number of likely N-dealkylation sites (tertiary alicyclic amines) is 1.